The standard InChI is InChI=1S/C10H22N2O3S/c1-3-9(2)11-16(14,15)12-7-5-4-6-10(12)8-13/h9-11,13H,3-8H2,1-2H3. The van der Waals surface area contributed by atoms with E-state index in [9.17, 15) is 13.5 Å². The third kappa shape index (κ3) is 3.41. The summed E-state index contributed by atoms with van der Waals surface area (Å²) in [4.78, 5) is 0. The molecule has 0 spiro atoms. The van der Waals surface area contributed by atoms with Gasteiger partial charge in [0.15, 0.2) is 0 Å². The van der Waals surface area contributed by atoms with E-state index in [-0.39, 0.29) is 18.7 Å². The van der Waals surface area contributed by atoms with Crippen LogP contribution in [-0.2, 0) is 10.2 Å². The molecule has 0 bridgehead atoms. The minimum absolute atomic E-state index is 0.0636. The molecule has 1 heterocycles. The van der Waals surface area contributed by atoms with Gasteiger partial charge in [-0.2, -0.15) is 17.4 Å². The zero-order valence-electron chi connectivity index (χ0n) is 10.0. The van der Waals surface area contributed by atoms with E-state index in [1.807, 2.05) is 13.8 Å². The van der Waals surface area contributed by atoms with Gasteiger partial charge in [0.2, 0.25) is 0 Å². The Morgan fingerprint density at radius 3 is 2.75 bits per heavy atom. The van der Waals surface area contributed by atoms with Crippen molar-refractivity contribution in [3.05, 3.63) is 0 Å². The van der Waals surface area contributed by atoms with E-state index in [4.69, 9.17) is 0 Å². The molecule has 2 unspecified atom stereocenters. The topological polar surface area (TPSA) is 69.6 Å². The van der Waals surface area contributed by atoms with Gasteiger partial charge >= 0.3 is 0 Å². The largest absolute Gasteiger partial charge is 0.395 e. The molecule has 1 aliphatic heterocycles. The van der Waals surface area contributed by atoms with Gasteiger partial charge in [-0.25, -0.2) is 0 Å². The van der Waals surface area contributed by atoms with Gasteiger partial charge in [-0.1, -0.05) is 13.3 Å². The Bertz CT molecular complexity index is 305. The molecule has 1 rings (SSSR count). The third-order valence-electron chi connectivity index (χ3n) is 3.06. The molecular formula is C10H22N2O3S. The molecule has 2 N–H and O–H groups in total. The summed E-state index contributed by atoms with van der Waals surface area (Å²) in [7, 11) is -3.43. The Labute approximate surface area is 98.0 Å². The van der Waals surface area contributed by atoms with Gasteiger partial charge in [0, 0.05) is 18.6 Å². The molecule has 0 aromatic heterocycles. The summed E-state index contributed by atoms with van der Waals surface area (Å²) in [5.41, 5.74) is 0. The first-order valence-corrected chi connectivity index (χ1v) is 7.35. The van der Waals surface area contributed by atoms with E-state index in [1.54, 1.807) is 0 Å². The average Bonchev–Trinajstić information content (AvgIpc) is 2.28. The highest BCUT2D eigenvalue weighted by molar-refractivity contribution is 7.87. The maximum atomic E-state index is 12.0. The fourth-order valence-corrected chi connectivity index (χ4v) is 3.62. The summed E-state index contributed by atoms with van der Waals surface area (Å²) < 4.78 is 28.1. The minimum Gasteiger partial charge on any atom is -0.395 e. The van der Waals surface area contributed by atoms with Gasteiger partial charge in [0.05, 0.1) is 6.61 Å². The molecule has 16 heavy (non-hydrogen) atoms. The predicted molar refractivity (Wildman–Crippen MR) is 63.2 cm³/mol. The van der Waals surface area contributed by atoms with Crippen LogP contribution < -0.4 is 4.72 Å². The predicted octanol–water partition coefficient (Wildman–Crippen LogP) is 0.466. The van der Waals surface area contributed by atoms with Crippen LogP contribution in [0.15, 0.2) is 0 Å². The summed E-state index contributed by atoms with van der Waals surface area (Å²) in [6, 6.07) is -0.318. The number of nitrogens with one attached hydrogen (secondary N) is 1. The van der Waals surface area contributed by atoms with Crippen molar-refractivity contribution in [3.8, 4) is 0 Å². The quantitative estimate of drug-likeness (QED) is 0.745. The Kier molecular flexibility index (Phi) is 5.17. The number of rotatable bonds is 5. The molecule has 0 aliphatic carbocycles. The molecule has 0 saturated carbocycles. The second-order valence-electron chi connectivity index (χ2n) is 4.38. The van der Waals surface area contributed by atoms with Gasteiger partial charge < -0.3 is 5.11 Å². The van der Waals surface area contributed by atoms with Crippen molar-refractivity contribution >= 4 is 10.2 Å². The van der Waals surface area contributed by atoms with Crippen LogP contribution in [-0.4, -0.2) is 43.1 Å². The molecule has 1 saturated heterocycles. The van der Waals surface area contributed by atoms with Gasteiger partial charge in [0.25, 0.3) is 10.2 Å². The minimum atomic E-state index is -3.43. The van der Waals surface area contributed by atoms with Crippen molar-refractivity contribution in [3.63, 3.8) is 0 Å². The molecule has 0 aromatic carbocycles. The van der Waals surface area contributed by atoms with E-state index in [0.717, 1.165) is 25.7 Å². The fourth-order valence-electron chi connectivity index (χ4n) is 1.88. The molecular weight excluding hydrogens is 228 g/mol. The van der Waals surface area contributed by atoms with Crippen LogP contribution in [0.1, 0.15) is 39.5 Å². The number of piperidine rings is 1. The lowest BCUT2D eigenvalue weighted by Crippen LogP contribution is -2.52. The summed E-state index contributed by atoms with van der Waals surface area (Å²) in [6.07, 6.45) is 3.37. The van der Waals surface area contributed by atoms with Crippen molar-refractivity contribution in [2.75, 3.05) is 13.2 Å². The molecule has 5 nitrogen and oxygen atoms in total. The van der Waals surface area contributed by atoms with Crippen LogP contribution in [0.2, 0.25) is 0 Å². The lowest BCUT2D eigenvalue weighted by atomic mass is 10.1. The number of aliphatic hydroxyl groups is 1. The zero-order valence-corrected chi connectivity index (χ0v) is 10.8. The Morgan fingerprint density at radius 1 is 1.50 bits per heavy atom. The first-order valence-electron chi connectivity index (χ1n) is 5.91. The molecule has 2 atom stereocenters. The Hall–Kier alpha value is -0.170. The number of hydrogen-bond acceptors (Lipinski definition) is 3. The highest BCUT2D eigenvalue weighted by atomic mass is 32.2. The van der Waals surface area contributed by atoms with Crippen LogP contribution >= 0.6 is 0 Å². The van der Waals surface area contributed by atoms with E-state index in [1.165, 1.54) is 4.31 Å². The monoisotopic (exact) mass is 250 g/mol. The highest BCUT2D eigenvalue weighted by Crippen LogP contribution is 2.19. The second kappa shape index (κ2) is 5.95. The fraction of sp³-hybridized carbons (Fsp3) is 1.00. The van der Waals surface area contributed by atoms with Crippen LogP contribution in [0.4, 0.5) is 0 Å². The first kappa shape index (κ1) is 13.9. The first-order chi connectivity index (χ1) is 7.51. The molecule has 96 valence electrons. The molecule has 1 aliphatic rings. The number of hydrogen-bond donors (Lipinski definition) is 2. The van der Waals surface area contributed by atoms with E-state index in [0.29, 0.717) is 6.54 Å². The normalized spacial score (nSPS) is 25.6. The highest BCUT2D eigenvalue weighted by Gasteiger charge is 2.32. The van der Waals surface area contributed by atoms with Crippen molar-refractivity contribution in [2.45, 2.75) is 51.6 Å². The maximum Gasteiger partial charge on any atom is 0.280 e. The van der Waals surface area contributed by atoms with Crippen molar-refractivity contribution in [1.82, 2.24) is 9.03 Å². The van der Waals surface area contributed by atoms with E-state index in [2.05, 4.69) is 4.72 Å². The average molecular weight is 250 g/mol. The SMILES string of the molecule is CCC(C)NS(=O)(=O)N1CCCCC1CO. The molecule has 0 aromatic rings. The molecule has 0 amide bonds. The van der Waals surface area contributed by atoms with Gasteiger partial charge in [0.1, 0.15) is 0 Å². The van der Waals surface area contributed by atoms with Crippen molar-refractivity contribution in [1.29, 1.82) is 0 Å². The lowest BCUT2D eigenvalue weighted by molar-refractivity contribution is 0.153. The van der Waals surface area contributed by atoms with Crippen molar-refractivity contribution in [2.24, 2.45) is 0 Å². The zero-order chi connectivity index (χ0) is 12.2. The Balaban J connectivity index is 2.72. The van der Waals surface area contributed by atoms with Crippen LogP contribution in [0.25, 0.3) is 0 Å². The summed E-state index contributed by atoms with van der Waals surface area (Å²) >= 11 is 0. The summed E-state index contributed by atoms with van der Waals surface area (Å²) in [5, 5.41) is 9.18. The van der Waals surface area contributed by atoms with Crippen molar-refractivity contribution < 1.29 is 13.5 Å². The number of nitrogens with zero attached hydrogens (tertiary/aromatic N) is 1. The van der Waals surface area contributed by atoms with Gasteiger partial charge in [-0.15, -0.1) is 0 Å². The van der Waals surface area contributed by atoms with Crippen LogP contribution in [0, 0.1) is 0 Å². The number of aliphatic hydroxyl groups excluding tert-OH is 1. The van der Waals surface area contributed by atoms with Gasteiger partial charge in [-0.05, 0) is 26.2 Å². The maximum absolute atomic E-state index is 12.0. The Morgan fingerprint density at radius 2 is 2.19 bits per heavy atom. The summed E-state index contributed by atoms with van der Waals surface area (Å²) in [5.74, 6) is 0. The smallest absolute Gasteiger partial charge is 0.280 e. The second-order valence-corrected chi connectivity index (χ2v) is 6.03. The molecule has 1 fully saturated rings. The van der Waals surface area contributed by atoms with E-state index < -0.39 is 10.2 Å². The van der Waals surface area contributed by atoms with Crippen LogP contribution in [0.5, 0.6) is 0 Å². The molecule has 6 heteroatoms. The van der Waals surface area contributed by atoms with Crippen LogP contribution in [0.3, 0.4) is 0 Å². The summed E-state index contributed by atoms with van der Waals surface area (Å²) in [6.45, 7) is 4.20. The lowest BCUT2D eigenvalue weighted by Gasteiger charge is -2.34. The van der Waals surface area contributed by atoms with E-state index >= 15 is 0 Å². The third-order valence-corrected chi connectivity index (χ3v) is 4.85. The molecule has 0 radical (unpaired) electrons. The van der Waals surface area contributed by atoms with Gasteiger partial charge in [-0.3, -0.25) is 0 Å².